The summed E-state index contributed by atoms with van der Waals surface area (Å²) in [6.07, 6.45) is 5.20. The van der Waals surface area contributed by atoms with Crippen molar-refractivity contribution in [3.05, 3.63) is 42.0 Å². The predicted molar refractivity (Wildman–Crippen MR) is 88.1 cm³/mol. The van der Waals surface area contributed by atoms with Crippen molar-refractivity contribution < 1.29 is 9.53 Å². The minimum absolute atomic E-state index is 0.0338. The summed E-state index contributed by atoms with van der Waals surface area (Å²) in [5, 5.41) is 0. The van der Waals surface area contributed by atoms with Gasteiger partial charge >= 0.3 is 5.97 Å². The van der Waals surface area contributed by atoms with Gasteiger partial charge in [-0.3, -0.25) is 0 Å². The number of ether oxygens (including phenoxy) is 1. The lowest BCUT2D eigenvalue weighted by Gasteiger charge is -2.19. The molecule has 1 atom stereocenters. The van der Waals surface area contributed by atoms with Gasteiger partial charge in [-0.1, -0.05) is 44.2 Å². The maximum absolute atomic E-state index is 11.7. The van der Waals surface area contributed by atoms with Gasteiger partial charge in [-0.2, -0.15) is 0 Å². The first-order valence-electron chi connectivity index (χ1n) is 7.81. The van der Waals surface area contributed by atoms with E-state index in [1.54, 1.807) is 6.08 Å². The second kappa shape index (κ2) is 10.2. The Labute approximate surface area is 128 Å². The normalized spacial score (nSPS) is 12.8. The van der Waals surface area contributed by atoms with E-state index in [4.69, 9.17) is 4.74 Å². The molecule has 0 aliphatic rings. The first kappa shape index (κ1) is 17.4. The number of nitrogens with zero attached hydrogens (tertiary/aromatic N) is 1. The van der Waals surface area contributed by atoms with Crippen LogP contribution < -0.4 is 0 Å². The quantitative estimate of drug-likeness (QED) is 0.512. The molecule has 0 fully saturated rings. The van der Waals surface area contributed by atoms with Crippen LogP contribution in [-0.4, -0.2) is 36.6 Å². The summed E-state index contributed by atoms with van der Waals surface area (Å²) in [5.41, 5.74) is 1.00. The number of esters is 1. The first-order chi connectivity index (χ1) is 10.2. The second-order valence-corrected chi connectivity index (χ2v) is 5.16. The van der Waals surface area contributed by atoms with Gasteiger partial charge in [-0.25, -0.2) is 4.79 Å². The molecule has 0 radical (unpaired) electrons. The molecule has 0 saturated heterocycles. The average Bonchev–Trinajstić information content (AvgIpc) is 2.50. The Hall–Kier alpha value is -1.61. The molecular weight excluding hydrogens is 262 g/mol. The molecule has 1 rings (SSSR count). The third-order valence-electron chi connectivity index (χ3n) is 3.51. The van der Waals surface area contributed by atoms with Crippen LogP contribution in [0.5, 0.6) is 0 Å². The molecule has 0 bridgehead atoms. The van der Waals surface area contributed by atoms with Crippen molar-refractivity contribution in [1.82, 2.24) is 4.90 Å². The largest absolute Gasteiger partial charge is 0.460 e. The van der Waals surface area contributed by atoms with Gasteiger partial charge in [0.05, 0.1) is 6.10 Å². The zero-order chi connectivity index (χ0) is 15.5. The molecule has 0 spiro atoms. The topological polar surface area (TPSA) is 29.5 Å². The molecule has 0 aliphatic carbocycles. The molecular formula is C18H27NO2. The van der Waals surface area contributed by atoms with Crippen LogP contribution in [-0.2, 0) is 9.53 Å². The summed E-state index contributed by atoms with van der Waals surface area (Å²) in [7, 11) is 0. The Morgan fingerprint density at radius 1 is 1.24 bits per heavy atom. The minimum Gasteiger partial charge on any atom is -0.460 e. The van der Waals surface area contributed by atoms with Gasteiger partial charge in [0.2, 0.25) is 0 Å². The Morgan fingerprint density at radius 2 is 1.90 bits per heavy atom. The van der Waals surface area contributed by atoms with Gasteiger partial charge in [0.25, 0.3) is 0 Å². The van der Waals surface area contributed by atoms with Gasteiger partial charge < -0.3 is 9.64 Å². The molecule has 1 unspecified atom stereocenters. The molecule has 0 saturated carbocycles. The van der Waals surface area contributed by atoms with Crippen LogP contribution >= 0.6 is 0 Å². The number of rotatable bonds is 9. The summed E-state index contributed by atoms with van der Waals surface area (Å²) in [4.78, 5) is 14.1. The highest BCUT2D eigenvalue weighted by Gasteiger charge is 2.07. The van der Waals surface area contributed by atoms with E-state index in [1.165, 1.54) is 6.08 Å². The molecule has 21 heavy (non-hydrogen) atoms. The fourth-order valence-electron chi connectivity index (χ4n) is 2.17. The number of hydrogen-bond acceptors (Lipinski definition) is 3. The number of hydrogen-bond donors (Lipinski definition) is 0. The Bertz CT molecular complexity index is 424. The van der Waals surface area contributed by atoms with Crippen LogP contribution in [0.3, 0.4) is 0 Å². The predicted octanol–water partition coefficient (Wildman–Crippen LogP) is 3.75. The second-order valence-electron chi connectivity index (χ2n) is 5.16. The van der Waals surface area contributed by atoms with Gasteiger partial charge in [-0.05, 0) is 51.0 Å². The van der Waals surface area contributed by atoms with Crippen LogP contribution in [0.4, 0.5) is 0 Å². The van der Waals surface area contributed by atoms with Crippen molar-refractivity contribution >= 4 is 12.0 Å². The fourth-order valence-corrected chi connectivity index (χ4v) is 2.17. The molecule has 0 aromatic heterocycles. The first-order valence-corrected chi connectivity index (χ1v) is 7.81. The molecule has 0 heterocycles. The van der Waals surface area contributed by atoms with E-state index in [1.807, 2.05) is 37.3 Å². The van der Waals surface area contributed by atoms with E-state index in [2.05, 4.69) is 18.7 Å². The lowest BCUT2D eigenvalue weighted by molar-refractivity contribution is -0.142. The maximum Gasteiger partial charge on any atom is 0.331 e. The van der Waals surface area contributed by atoms with E-state index in [0.717, 1.165) is 38.0 Å². The lowest BCUT2D eigenvalue weighted by Crippen LogP contribution is -2.25. The molecule has 1 aromatic rings. The summed E-state index contributed by atoms with van der Waals surface area (Å²) >= 11 is 0. The molecule has 0 aliphatic heterocycles. The van der Waals surface area contributed by atoms with Crippen LogP contribution in [0, 0.1) is 0 Å². The maximum atomic E-state index is 11.7. The van der Waals surface area contributed by atoms with Crippen molar-refractivity contribution in [1.29, 1.82) is 0 Å². The Morgan fingerprint density at radius 3 is 2.52 bits per heavy atom. The Balaban J connectivity index is 2.26. The van der Waals surface area contributed by atoms with E-state index in [0.29, 0.717) is 0 Å². The molecule has 1 aromatic carbocycles. The van der Waals surface area contributed by atoms with E-state index < -0.39 is 0 Å². The third-order valence-corrected chi connectivity index (χ3v) is 3.51. The molecule has 0 amide bonds. The Kier molecular flexibility index (Phi) is 8.44. The summed E-state index contributed by atoms with van der Waals surface area (Å²) in [6, 6.07) is 9.75. The summed E-state index contributed by atoms with van der Waals surface area (Å²) < 4.78 is 5.38. The highest BCUT2D eigenvalue weighted by atomic mass is 16.5. The summed E-state index contributed by atoms with van der Waals surface area (Å²) in [6.45, 7) is 9.50. The monoisotopic (exact) mass is 289 g/mol. The van der Waals surface area contributed by atoms with Gasteiger partial charge in [0.15, 0.2) is 0 Å². The van der Waals surface area contributed by atoms with E-state index in [9.17, 15) is 4.79 Å². The van der Waals surface area contributed by atoms with Crippen LogP contribution in [0.1, 0.15) is 39.2 Å². The van der Waals surface area contributed by atoms with Crippen LogP contribution in [0.25, 0.3) is 6.08 Å². The third kappa shape index (κ3) is 7.66. The SMILES string of the molecule is CCN(CC)CCCC(C)OC(=O)/C=C/c1ccccc1. The van der Waals surface area contributed by atoms with Gasteiger partial charge in [-0.15, -0.1) is 0 Å². The molecule has 116 valence electrons. The number of carbonyl (C=O) groups is 1. The standard InChI is InChI=1S/C18H27NO2/c1-4-19(5-2)15-9-10-16(3)21-18(20)14-13-17-11-7-6-8-12-17/h6-8,11-14,16H,4-5,9-10,15H2,1-3H3/b14-13+. The van der Waals surface area contributed by atoms with Crippen LogP contribution in [0.2, 0.25) is 0 Å². The average molecular weight is 289 g/mol. The molecule has 3 nitrogen and oxygen atoms in total. The van der Waals surface area contributed by atoms with Crippen molar-refractivity contribution in [3.63, 3.8) is 0 Å². The zero-order valence-electron chi connectivity index (χ0n) is 13.4. The number of benzene rings is 1. The van der Waals surface area contributed by atoms with Crippen LogP contribution in [0.15, 0.2) is 36.4 Å². The lowest BCUT2D eigenvalue weighted by atomic mass is 10.2. The minimum atomic E-state index is -0.269. The van der Waals surface area contributed by atoms with Crippen molar-refractivity contribution in [2.45, 2.75) is 39.7 Å². The smallest absolute Gasteiger partial charge is 0.331 e. The van der Waals surface area contributed by atoms with E-state index in [-0.39, 0.29) is 12.1 Å². The summed E-state index contributed by atoms with van der Waals surface area (Å²) in [5.74, 6) is -0.269. The van der Waals surface area contributed by atoms with Crippen molar-refractivity contribution in [2.24, 2.45) is 0 Å². The molecule has 0 N–H and O–H groups in total. The molecule has 3 heteroatoms. The fraction of sp³-hybridized carbons (Fsp3) is 0.500. The van der Waals surface area contributed by atoms with E-state index >= 15 is 0 Å². The zero-order valence-corrected chi connectivity index (χ0v) is 13.4. The van der Waals surface area contributed by atoms with Gasteiger partial charge in [0.1, 0.15) is 0 Å². The van der Waals surface area contributed by atoms with Crippen molar-refractivity contribution in [3.8, 4) is 0 Å². The van der Waals surface area contributed by atoms with Crippen molar-refractivity contribution in [2.75, 3.05) is 19.6 Å². The van der Waals surface area contributed by atoms with Gasteiger partial charge in [0, 0.05) is 6.08 Å². The highest BCUT2D eigenvalue weighted by Crippen LogP contribution is 2.06. The highest BCUT2D eigenvalue weighted by molar-refractivity contribution is 5.87. The number of carbonyl (C=O) groups excluding carboxylic acids is 1.